The summed E-state index contributed by atoms with van der Waals surface area (Å²) in [4.78, 5) is 10.9. The Balaban J connectivity index is 1.85. The zero-order valence-corrected chi connectivity index (χ0v) is 11.5. The van der Waals surface area contributed by atoms with Gasteiger partial charge in [0.15, 0.2) is 0 Å². The highest BCUT2D eigenvalue weighted by Gasteiger charge is 2.39. The highest BCUT2D eigenvalue weighted by Crippen LogP contribution is 2.28. The van der Waals surface area contributed by atoms with Crippen molar-refractivity contribution in [3.8, 4) is 0 Å². The van der Waals surface area contributed by atoms with Gasteiger partial charge in [-0.2, -0.15) is 0 Å². The van der Waals surface area contributed by atoms with Gasteiger partial charge >= 0.3 is 0 Å². The molecule has 0 bridgehead atoms. The fourth-order valence-corrected chi connectivity index (χ4v) is 2.69. The number of fused-ring (bicyclic) bond motifs is 1. The maximum absolute atomic E-state index is 10.3. The van der Waals surface area contributed by atoms with Gasteiger partial charge in [-0.05, 0) is 25.0 Å². The molecule has 5 heteroatoms. The maximum Gasteiger partial charge on any atom is 0.147 e. The minimum Gasteiger partial charge on any atom is -0.388 e. The standard InChI is InChI=1S/C15H19N3O2/c1-2-15(20)7-8-18(10-13(15)19)14-9-16-11-5-3-4-6-12(11)17-14/h3-6,9,13,19-20H,2,7-8,10H2,1H3/t13-,15-/m1/s1. The Morgan fingerprint density at radius 1 is 1.35 bits per heavy atom. The molecule has 106 valence electrons. The number of hydrogen-bond donors (Lipinski definition) is 2. The number of anilines is 1. The van der Waals surface area contributed by atoms with Crippen LogP contribution in [-0.2, 0) is 0 Å². The molecule has 1 fully saturated rings. The third-order valence-corrected chi connectivity index (χ3v) is 4.20. The minimum atomic E-state index is -0.971. The van der Waals surface area contributed by atoms with E-state index in [1.165, 1.54) is 0 Å². The van der Waals surface area contributed by atoms with Crippen molar-refractivity contribution in [2.75, 3.05) is 18.0 Å². The van der Waals surface area contributed by atoms with Crippen LogP contribution in [0.3, 0.4) is 0 Å². The van der Waals surface area contributed by atoms with Crippen LogP contribution < -0.4 is 4.90 Å². The van der Waals surface area contributed by atoms with Gasteiger partial charge in [-0.1, -0.05) is 19.1 Å². The quantitative estimate of drug-likeness (QED) is 0.864. The molecule has 1 aliphatic rings. The van der Waals surface area contributed by atoms with Gasteiger partial charge in [-0.15, -0.1) is 0 Å². The van der Waals surface area contributed by atoms with Crippen molar-refractivity contribution in [2.45, 2.75) is 31.5 Å². The van der Waals surface area contributed by atoms with Crippen molar-refractivity contribution in [3.05, 3.63) is 30.5 Å². The first-order chi connectivity index (χ1) is 9.62. The van der Waals surface area contributed by atoms with Crippen molar-refractivity contribution in [1.82, 2.24) is 9.97 Å². The van der Waals surface area contributed by atoms with Crippen LogP contribution in [0.25, 0.3) is 11.0 Å². The largest absolute Gasteiger partial charge is 0.388 e. The van der Waals surface area contributed by atoms with E-state index in [4.69, 9.17) is 0 Å². The Hall–Kier alpha value is -1.72. The number of nitrogens with zero attached hydrogens (tertiary/aromatic N) is 3. The first kappa shape index (κ1) is 13.3. The van der Waals surface area contributed by atoms with E-state index < -0.39 is 11.7 Å². The van der Waals surface area contributed by atoms with E-state index in [0.29, 0.717) is 25.9 Å². The molecule has 2 atom stereocenters. The number of aromatic nitrogens is 2. The number of β-amino-alcohol motifs (C(OH)–C–C–N with tert-alkyl or cyclic N) is 1. The predicted octanol–water partition coefficient (Wildman–Crippen LogP) is 1.34. The van der Waals surface area contributed by atoms with E-state index in [9.17, 15) is 10.2 Å². The lowest BCUT2D eigenvalue weighted by atomic mass is 9.86. The number of aliphatic hydroxyl groups excluding tert-OH is 1. The average molecular weight is 273 g/mol. The molecule has 2 aromatic rings. The average Bonchev–Trinajstić information content (AvgIpc) is 2.49. The highest BCUT2D eigenvalue weighted by atomic mass is 16.3. The van der Waals surface area contributed by atoms with E-state index in [2.05, 4.69) is 9.97 Å². The molecule has 1 aliphatic heterocycles. The van der Waals surface area contributed by atoms with Crippen molar-refractivity contribution >= 4 is 16.9 Å². The zero-order chi connectivity index (χ0) is 14.2. The summed E-state index contributed by atoms with van der Waals surface area (Å²) in [5, 5.41) is 20.4. The first-order valence-corrected chi connectivity index (χ1v) is 6.99. The third kappa shape index (κ3) is 2.23. The van der Waals surface area contributed by atoms with Gasteiger partial charge in [0.25, 0.3) is 0 Å². The van der Waals surface area contributed by atoms with Gasteiger partial charge in [0.05, 0.1) is 22.8 Å². The van der Waals surface area contributed by atoms with Crippen LogP contribution in [0.15, 0.2) is 30.5 Å². The fraction of sp³-hybridized carbons (Fsp3) is 0.467. The fourth-order valence-electron chi connectivity index (χ4n) is 2.69. The number of benzene rings is 1. The molecule has 2 N–H and O–H groups in total. The van der Waals surface area contributed by atoms with Crippen molar-refractivity contribution in [2.24, 2.45) is 0 Å². The summed E-state index contributed by atoms with van der Waals surface area (Å²) < 4.78 is 0. The second-order valence-electron chi connectivity index (χ2n) is 5.39. The molecule has 0 aliphatic carbocycles. The SMILES string of the molecule is CC[C@@]1(O)CCN(c2cnc3ccccc3n2)C[C@H]1O. The van der Waals surface area contributed by atoms with Gasteiger partial charge in [-0.25, -0.2) is 4.98 Å². The molecule has 0 unspecified atom stereocenters. The van der Waals surface area contributed by atoms with Crippen molar-refractivity contribution in [1.29, 1.82) is 0 Å². The molecule has 2 heterocycles. The molecule has 1 saturated heterocycles. The molecular weight excluding hydrogens is 254 g/mol. The molecule has 0 amide bonds. The van der Waals surface area contributed by atoms with Crippen LogP contribution in [0.4, 0.5) is 5.82 Å². The summed E-state index contributed by atoms with van der Waals surface area (Å²) in [6, 6.07) is 7.71. The highest BCUT2D eigenvalue weighted by molar-refractivity contribution is 5.75. The van der Waals surface area contributed by atoms with Crippen LogP contribution in [-0.4, -0.2) is 45.0 Å². The normalized spacial score (nSPS) is 26.9. The number of rotatable bonds is 2. The number of piperidine rings is 1. The van der Waals surface area contributed by atoms with Gasteiger partial charge in [0.1, 0.15) is 11.9 Å². The topological polar surface area (TPSA) is 69.5 Å². The second kappa shape index (κ2) is 5.00. The summed E-state index contributed by atoms with van der Waals surface area (Å²) in [6.45, 7) is 2.96. The summed E-state index contributed by atoms with van der Waals surface area (Å²) in [7, 11) is 0. The number of hydrogen-bond acceptors (Lipinski definition) is 5. The molecular formula is C15H19N3O2. The van der Waals surface area contributed by atoms with Crippen molar-refractivity contribution < 1.29 is 10.2 Å². The lowest BCUT2D eigenvalue weighted by Gasteiger charge is -2.42. The van der Waals surface area contributed by atoms with E-state index in [1.807, 2.05) is 36.1 Å². The smallest absolute Gasteiger partial charge is 0.147 e. The Kier molecular flexibility index (Phi) is 3.31. The lowest BCUT2D eigenvalue weighted by Crippen LogP contribution is -2.55. The Bertz CT molecular complexity index is 619. The van der Waals surface area contributed by atoms with E-state index in [1.54, 1.807) is 6.20 Å². The molecule has 20 heavy (non-hydrogen) atoms. The van der Waals surface area contributed by atoms with Gasteiger partial charge in [-0.3, -0.25) is 4.98 Å². The van der Waals surface area contributed by atoms with Gasteiger partial charge < -0.3 is 15.1 Å². The summed E-state index contributed by atoms with van der Waals surface area (Å²) in [5.74, 6) is 0.751. The van der Waals surface area contributed by atoms with Crippen molar-refractivity contribution in [3.63, 3.8) is 0 Å². The van der Waals surface area contributed by atoms with Crippen LogP contribution in [0.2, 0.25) is 0 Å². The Morgan fingerprint density at radius 2 is 2.10 bits per heavy atom. The summed E-state index contributed by atoms with van der Waals surface area (Å²) >= 11 is 0. The Labute approximate surface area is 117 Å². The predicted molar refractivity (Wildman–Crippen MR) is 77.6 cm³/mol. The van der Waals surface area contributed by atoms with E-state index in [-0.39, 0.29) is 0 Å². The molecule has 5 nitrogen and oxygen atoms in total. The third-order valence-electron chi connectivity index (χ3n) is 4.20. The van der Waals surface area contributed by atoms with Crippen LogP contribution in [0.1, 0.15) is 19.8 Å². The second-order valence-corrected chi connectivity index (χ2v) is 5.39. The monoisotopic (exact) mass is 273 g/mol. The number of aliphatic hydroxyl groups is 2. The molecule has 0 radical (unpaired) electrons. The lowest BCUT2D eigenvalue weighted by molar-refractivity contribution is -0.0879. The molecule has 3 rings (SSSR count). The molecule has 0 spiro atoms. The van der Waals surface area contributed by atoms with Crippen LogP contribution >= 0.6 is 0 Å². The Morgan fingerprint density at radius 3 is 2.80 bits per heavy atom. The maximum atomic E-state index is 10.3. The summed E-state index contributed by atoms with van der Waals surface area (Å²) in [5.41, 5.74) is 0.732. The first-order valence-electron chi connectivity index (χ1n) is 6.99. The minimum absolute atomic E-state index is 0.386. The molecule has 1 aromatic carbocycles. The molecule has 0 saturated carbocycles. The summed E-state index contributed by atoms with van der Waals surface area (Å²) in [6.07, 6.45) is 2.07. The van der Waals surface area contributed by atoms with E-state index >= 15 is 0 Å². The van der Waals surface area contributed by atoms with Crippen LogP contribution in [0.5, 0.6) is 0 Å². The number of para-hydroxylation sites is 2. The van der Waals surface area contributed by atoms with Gasteiger partial charge in [0, 0.05) is 13.1 Å². The van der Waals surface area contributed by atoms with Crippen LogP contribution in [0, 0.1) is 0 Å². The molecule has 1 aromatic heterocycles. The van der Waals surface area contributed by atoms with E-state index in [0.717, 1.165) is 16.9 Å². The van der Waals surface area contributed by atoms with Gasteiger partial charge in [0.2, 0.25) is 0 Å². The zero-order valence-electron chi connectivity index (χ0n) is 11.5.